The van der Waals surface area contributed by atoms with Gasteiger partial charge in [-0.25, -0.2) is 8.42 Å². The highest BCUT2D eigenvalue weighted by atomic mass is 32.2. The lowest BCUT2D eigenvalue weighted by molar-refractivity contribution is -0.148. The molecule has 9 nitrogen and oxygen atoms in total. The lowest BCUT2D eigenvalue weighted by Gasteiger charge is -2.26. The van der Waals surface area contributed by atoms with Gasteiger partial charge in [0.15, 0.2) is 6.61 Å². The summed E-state index contributed by atoms with van der Waals surface area (Å²) in [6.07, 6.45) is 5.09. The third-order valence-electron chi connectivity index (χ3n) is 6.73. The number of anilines is 1. The molecular weight excluding hydrogens is 436 g/mol. The minimum atomic E-state index is -3.73. The zero-order valence-electron chi connectivity index (χ0n) is 18.2. The van der Waals surface area contributed by atoms with Gasteiger partial charge in [0.05, 0.1) is 30.9 Å². The number of carbonyl (C=O) groups excluding carboxylic acids is 2. The molecule has 2 saturated carbocycles. The summed E-state index contributed by atoms with van der Waals surface area (Å²) in [6, 6.07) is 4.29. The molecule has 3 atom stereocenters. The number of sulfonamides is 1. The molecule has 4 rings (SSSR count). The summed E-state index contributed by atoms with van der Waals surface area (Å²) in [5.41, 5.74) is 0.205. The van der Waals surface area contributed by atoms with E-state index in [0.717, 1.165) is 12.3 Å². The highest BCUT2D eigenvalue weighted by molar-refractivity contribution is 7.89. The number of rotatable bonds is 8. The maximum Gasteiger partial charge on any atom is 0.306 e. The van der Waals surface area contributed by atoms with Gasteiger partial charge in [0.2, 0.25) is 10.0 Å². The minimum absolute atomic E-state index is 0.0452. The standard InChI is InChI=1S/C22H30N2O7S/c1-29-20-5-4-18(32(27,28)24-6-8-30-9-7-24)13-19(20)23-21(25)14-31-22(26)12-17-11-15-2-3-16(17)10-15/h4-5,13,15-17H,2-3,6-12,14H2,1H3,(H,23,25)/t15-,16-,17-/m1/s1. The molecule has 3 aliphatic rings. The van der Waals surface area contributed by atoms with Crippen LogP contribution in [0.15, 0.2) is 23.1 Å². The molecule has 2 aliphatic carbocycles. The third kappa shape index (κ3) is 5.07. The molecule has 1 saturated heterocycles. The van der Waals surface area contributed by atoms with E-state index in [1.54, 1.807) is 0 Å². The first-order chi connectivity index (χ1) is 15.4. The molecule has 0 aromatic heterocycles. The van der Waals surface area contributed by atoms with Crippen molar-refractivity contribution in [1.29, 1.82) is 0 Å². The summed E-state index contributed by atoms with van der Waals surface area (Å²) in [5.74, 6) is 1.12. The molecule has 3 fully saturated rings. The Hall–Kier alpha value is -2.17. The summed E-state index contributed by atoms with van der Waals surface area (Å²) < 4.78 is 42.8. The molecule has 1 aromatic carbocycles. The number of methoxy groups -OCH3 is 1. The summed E-state index contributed by atoms with van der Waals surface area (Å²) in [5, 5.41) is 2.60. The van der Waals surface area contributed by atoms with Gasteiger partial charge in [0.25, 0.3) is 5.91 Å². The number of benzene rings is 1. The fraction of sp³-hybridized carbons (Fsp3) is 0.636. The molecule has 0 radical (unpaired) electrons. The molecular formula is C22H30N2O7S. The van der Waals surface area contributed by atoms with E-state index in [9.17, 15) is 18.0 Å². The van der Waals surface area contributed by atoms with Gasteiger partial charge in [-0.15, -0.1) is 0 Å². The SMILES string of the molecule is COc1ccc(S(=O)(=O)N2CCOCC2)cc1NC(=O)COC(=O)C[C@H]1C[C@@H]2CC[C@@H]1C2. The van der Waals surface area contributed by atoms with Crippen LogP contribution < -0.4 is 10.1 Å². The number of nitrogens with one attached hydrogen (secondary N) is 1. The Morgan fingerprint density at radius 3 is 2.62 bits per heavy atom. The summed E-state index contributed by atoms with van der Waals surface area (Å²) in [4.78, 5) is 24.6. The molecule has 32 heavy (non-hydrogen) atoms. The Bertz CT molecular complexity index is 959. The summed E-state index contributed by atoms with van der Waals surface area (Å²) in [7, 11) is -2.30. The third-order valence-corrected chi connectivity index (χ3v) is 8.63. The van der Waals surface area contributed by atoms with Crippen molar-refractivity contribution in [1.82, 2.24) is 4.31 Å². The first-order valence-corrected chi connectivity index (χ1v) is 12.5. The van der Waals surface area contributed by atoms with Gasteiger partial charge in [-0.05, 0) is 55.2 Å². The van der Waals surface area contributed by atoms with Crippen LogP contribution in [0.25, 0.3) is 0 Å². The largest absolute Gasteiger partial charge is 0.495 e. The number of morpholine rings is 1. The molecule has 0 spiro atoms. The van der Waals surface area contributed by atoms with Crippen molar-refractivity contribution in [2.24, 2.45) is 17.8 Å². The number of hydrogen-bond donors (Lipinski definition) is 1. The second-order valence-corrected chi connectivity index (χ2v) is 10.7. The highest BCUT2D eigenvalue weighted by Gasteiger charge is 2.40. The molecule has 1 amide bonds. The molecule has 2 bridgehead atoms. The quantitative estimate of drug-likeness (QED) is 0.584. The molecule has 10 heteroatoms. The van der Waals surface area contributed by atoms with Gasteiger partial charge >= 0.3 is 5.97 Å². The first kappa shape index (κ1) is 23.0. The zero-order chi connectivity index (χ0) is 22.7. The van der Waals surface area contributed by atoms with Crippen LogP contribution in [0.4, 0.5) is 5.69 Å². The summed E-state index contributed by atoms with van der Waals surface area (Å²) in [6.45, 7) is 0.797. The number of amides is 1. The number of hydrogen-bond acceptors (Lipinski definition) is 7. The Kier molecular flexibility index (Phi) is 7.02. The Balaban J connectivity index is 1.35. The second-order valence-electron chi connectivity index (χ2n) is 8.73. The van der Waals surface area contributed by atoms with E-state index in [-0.39, 0.29) is 29.6 Å². The molecule has 1 N–H and O–H groups in total. The molecule has 1 aromatic rings. The summed E-state index contributed by atoms with van der Waals surface area (Å²) >= 11 is 0. The van der Waals surface area contributed by atoms with Crippen LogP contribution in [0.2, 0.25) is 0 Å². The normalized spacial score (nSPS) is 25.5. The van der Waals surface area contributed by atoms with Crippen LogP contribution in [0.3, 0.4) is 0 Å². The van der Waals surface area contributed by atoms with Crippen LogP contribution in [-0.2, 0) is 29.1 Å². The molecule has 176 valence electrons. The number of ether oxygens (including phenoxy) is 3. The van der Waals surface area contributed by atoms with Gasteiger partial charge in [-0.1, -0.05) is 6.42 Å². The van der Waals surface area contributed by atoms with Crippen molar-refractivity contribution < 1.29 is 32.2 Å². The fourth-order valence-corrected chi connectivity index (χ4v) is 6.55. The number of carbonyl (C=O) groups is 2. The number of nitrogens with zero attached hydrogens (tertiary/aromatic N) is 1. The van der Waals surface area contributed by atoms with E-state index in [2.05, 4.69) is 5.32 Å². The Morgan fingerprint density at radius 1 is 1.19 bits per heavy atom. The van der Waals surface area contributed by atoms with Gasteiger partial charge in [0, 0.05) is 19.5 Å². The van der Waals surface area contributed by atoms with Crippen molar-refractivity contribution in [2.75, 3.05) is 45.3 Å². The minimum Gasteiger partial charge on any atom is -0.495 e. The monoisotopic (exact) mass is 466 g/mol. The van der Waals surface area contributed by atoms with E-state index in [4.69, 9.17) is 14.2 Å². The van der Waals surface area contributed by atoms with Crippen LogP contribution in [0.5, 0.6) is 5.75 Å². The number of esters is 1. The van der Waals surface area contributed by atoms with Crippen molar-refractivity contribution in [3.8, 4) is 5.75 Å². The number of fused-ring (bicyclic) bond motifs is 2. The smallest absolute Gasteiger partial charge is 0.306 e. The average Bonchev–Trinajstić information content (AvgIpc) is 3.41. The van der Waals surface area contributed by atoms with Crippen molar-refractivity contribution in [2.45, 2.75) is 37.0 Å². The fourth-order valence-electron chi connectivity index (χ4n) is 5.11. The Morgan fingerprint density at radius 2 is 1.97 bits per heavy atom. The average molecular weight is 467 g/mol. The van der Waals surface area contributed by atoms with Crippen molar-refractivity contribution in [3.05, 3.63) is 18.2 Å². The van der Waals surface area contributed by atoms with Gasteiger partial charge < -0.3 is 19.5 Å². The van der Waals surface area contributed by atoms with E-state index < -0.39 is 22.5 Å². The van der Waals surface area contributed by atoms with Crippen molar-refractivity contribution >= 4 is 27.6 Å². The first-order valence-electron chi connectivity index (χ1n) is 11.1. The van der Waals surface area contributed by atoms with E-state index in [1.165, 1.54) is 48.9 Å². The van der Waals surface area contributed by atoms with E-state index in [1.807, 2.05) is 0 Å². The molecule has 1 heterocycles. The zero-order valence-corrected chi connectivity index (χ0v) is 19.1. The van der Waals surface area contributed by atoms with Gasteiger partial charge in [-0.3, -0.25) is 9.59 Å². The maximum atomic E-state index is 12.9. The van der Waals surface area contributed by atoms with Crippen LogP contribution >= 0.6 is 0 Å². The second kappa shape index (κ2) is 9.76. The van der Waals surface area contributed by atoms with Gasteiger partial charge in [0.1, 0.15) is 5.75 Å². The van der Waals surface area contributed by atoms with Crippen LogP contribution in [0, 0.1) is 17.8 Å². The van der Waals surface area contributed by atoms with E-state index >= 15 is 0 Å². The van der Waals surface area contributed by atoms with Crippen LogP contribution in [0.1, 0.15) is 32.1 Å². The molecule has 1 aliphatic heterocycles. The predicted octanol–water partition coefficient (Wildman–Crippen LogP) is 2.02. The topological polar surface area (TPSA) is 111 Å². The lowest BCUT2D eigenvalue weighted by atomic mass is 9.86. The van der Waals surface area contributed by atoms with Crippen molar-refractivity contribution in [3.63, 3.8) is 0 Å². The molecule has 0 unspecified atom stereocenters. The lowest BCUT2D eigenvalue weighted by Crippen LogP contribution is -2.40. The maximum absolute atomic E-state index is 12.9. The van der Waals surface area contributed by atoms with Gasteiger partial charge in [-0.2, -0.15) is 4.31 Å². The highest BCUT2D eigenvalue weighted by Crippen LogP contribution is 2.49. The Labute approximate surface area is 188 Å². The predicted molar refractivity (Wildman–Crippen MR) is 116 cm³/mol. The van der Waals surface area contributed by atoms with E-state index in [0.29, 0.717) is 37.2 Å². The van der Waals surface area contributed by atoms with Crippen LogP contribution in [-0.4, -0.2) is 64.6 Å².